The summed E-state index contributed by atoms with van der Waals surface area (Å²) in [5, 5.41) is 7.85. The molecule has 5 rings (SSSR count). The van der Waals surface area contributed by atoms with Gasteiger partial charge >= 0.3 is 6.18 Å². The number of methoxy groups -OCH3 is 1. The Balaban J connectivity index is 1.17. The van der Waals surface area contributed by atoms with Crippen LogP contribution in [-0.4, -0.2) is 48.7 Å². The summed E-state index contributed by atoms with van der Waals surface area (Å²) in [7, 11) is 5.47. The van der Waals surface area contributed by atoms with Gasteiger partial charge in [-0.1, -0.05) is 35.9 Å². The van der Waals surface area contributed by atoms with Gasteiger partial charge < -0.3 is 25.0 Å². The van der Waals surface area contributed by atoms with Crippen molar-refractivity contribution in [3.8, 4) is 17.4 Å². The van der Waals surface area contributed by atoms with Gasteiger partial charge in [0, 0.05) is 43.8 Å². The topological polar surface area (TPSA) is 84.4 Å². The molecule has 0 amide bonds. The maximum Gasteiger partial charge on any atom is 0.417 e. The number of hydrogen-bond acceptors (Lipinski definition) is 8. The number of halogens is 4. The highest BCUT2D eigenvalue weighted by molar-refractivity contribution is 6.31. The molecule has 1 saturated carbocycles. The lowest BCUT2D eigenvalue weighted by atomic mass is 9.86. The zero-order chi connectivity index (χ0) is 30.6. The van der Waals surface area contributed by atoms with Gasteiger partial charge in [-0.3, -0.25) is 0 Å². The first kappa shape index (κ1) is 30.6. The standard InChI is InChI=1S/C31H34ClF3N6O2/c1-41(2)28-23-8-4-5-9-25(23)39-30(40-28)38-22-13-11-19(12-14-22)16-36-17-20-7-6-10-26(42-3)27(20)43-29-24(32)15-21(18-37-29)31(33,34)35/h4-10,15,18-19,22,36H,11-14,16-17H2,1-3H3,(H,38,39,40). The molecule has 228 valence electrons. The van der Waals surface area contributed by atoms with Crippen LogP contribution in [0.25, 0.3) is 10.9 Å². The second-order valence-corrected chi connectivity index (χ2v) is 11.2. The lowest BCUT2D eigenvalue weighted by Crippen LogP contribution is -2.31. The molecule has 0 aliphatic heterocycles. The molecule has 0 atom stereocenters. The van der Waals surface area contributed by atoms with E-state index in [-0.39, 0.29) is 10.9 Å². The summed E-state index contributed by atoms with van der Waals surface area (Å²) in [4.78, 5) is 15.3. The Kier molecular flexibility index (Phi) is 9.41. The number of nitrogens with zero attached hydrogens (tertiary/aromatic N) is 4. The number of para-hydroxylation sites is 2. The third-order valence-corrected chi connectivity index (χ3v) is 7.82. The first-order valence-corrected chi connectivity index (χ1v) is 14.5. The quantitative estimate of drug-likeness (QED) is 0.192. The third kappa shape index (κ3) is 7.40. The largest absolute Gasteiger partial charge is 0.493 e. The lowest BCUT2D eigenvalue weighted by molar-refractivity contribution is -0.137. The minimum absolute atomic E-state index is 0.126. The van der Waals surface area contributed by atoms with Crippen molar-refractivity contribution in [3.05, 3.63) is 70.9 Å². The van der Waals surface area contributed by atoms with Gasteiger partial charge in [0.2, 0.25) is 11.8 Å². The van der Waals surface area contributed by atoms with Crippen molar-refractivity contribution >= 4 is 34.3 Å². The fraction of sp³-hybridized carbons (Fsp3) is 0.387. The number of benzene rings is 2. The highest BCUT2D eigenvalue weighted by Crippen LogP contribution is 2.39. The molecular weight excluding hydrogens is 581 g/mol. The van der Waals surface area contributed by atoms with E-state index in [4.69, 9.17) is 31.0 Å². The normalized spacial score (nSPS) is 17.1. The van der Waals surface area contributed by atoms with Crippen molar-refractivity contribution in [3.63, 3.8) is 0 Å². The average molecular weight is 615 g/mol. The molecule has 12 heteroatoms. The molecule has 0 spiro atoms. The van der Waals surface area contributed by atoms with Crippen LogP contribution in [0.15, 0.2) is 54.7 Å². The van der Waals surface area contributed by atoms with Crippen molar-refractivity contribution in [2.75, 3.05) is 38.0 Å². The van der Waals surface area contributed by atoms with E-state index >= 15 is 0 Å². The lowest BCUT2D eigenvalue weighted by Gasteiger charge is -2.29. The Morgan fingerprint density at radius 2 is 1.79 bits per heavy atom. The van der Waals surface area contributed by atoms with Gasteiger partial charge in [0.1, 0.15) is 10.8 Å². The fourth-order valence-electron chi connectivity index (χ4n) is 5.30. The number of alkyl halides is 3. The van der Waals surface area contributed by atoms with Crippen molar-refractivity contribution in [1.29, 1.82) is 0 Å². The molecular formula is C31H34ClF3N6O2. The molecule has 0 radical (unpaired) electrons. The predicted molar refractivity (Wildman–Crippen MR) is 162 cm³/mol. The van der Waals surface area contributed by atoms with E-state index in [1.54, 1.807) is 6.07 Å². The maximum atomic E-state index is 13.0. The van der Waals surface area contributed by atoms with Gasteiger partial charge in [-0.15, -0.1) is 0 Å². The summed E-state index contributed by atoms with van der Waals surface area (Å²) in [6.07, 6.45) is 0.254. The molecule has 43 heavy (non-hydrogen) atoms. The Labute approximate surface area is 253 Å². The van der Waals surface area contributed by atoms with Gasteiger partial charge in [0.15, 0.2) is 11.5 Å². The number of nitrogens with one attached hydrogen (secondary N) is 2. The number of hydrogen-bond donors (Lipinski definition) is 2. The van der Waals surface area contributed by atoms with E-state index in [0.717, 1.165) is 60.6 Å². The van der Waals surface area contributed by atoms with E-state index in [1.165, 1.54) is 7.11 Å². The molecule has 2 aromatic carbocycles. The van der Waals surface area contributed by atoms with E-state index in [9.17, 15) is 13.2 Å². The summed E-state index contributed by atoms with van der Waals surface area (Å²) in [6.45, 7) is 1.28. The minimum atomic E-state index is -4.55. The molecule has 2 aromatic heterocycles. The first-order valence-electron chi connectivity index (χ1n) is 14.1. The zero-order valence-corrected chi connectivity index (χ0v) is 25.0. The van der Waals surface area contributed by atoms with Crippen LogP contribution in [-0.2, 0) is 12.7 Å². The number of fused-ring (bicyclic) bond motifs is 1. The van der Waals surface area contributed by atoms with Crippen molar-refractivity contribution in [2.24, 2.45) is 5.92 Å². The van der Waals surface area contributed by atoms with Crippen LogP contribution in [0.1, 0.15) is 36.8 Å². The molecule has 0 bridgehead atoms. The monoisotopic (exact) mass is 614 g/mol. The van der Waals surface area contributed by atoms with Gasteiger partial charge in [-0.05, 0) is 62.4 Å². The maximum absolute atomic E-state index is 13.0. The molecule has 8 nitrogen and oxygen atoms in total. The molecule has 0 unspecified atom stereocenters. The Morgan fingerprint density at radius 3 is 2.49 bits per heavy atom. The van der Waals surface area contributed by atoms with Crippen LogP contribution >= 0.6 is 11.6 Å². The Hall–Kier alpha value is -3.83. The smallest absolute Gasteiger partial charge is 0.417 e. The zero-order valence-electron chi connectivity index (χ0n) is 24.2. The van der Waals surface area contributed by atoms with Crippen molar-refractivity contribution < 1.29 is 22.6 Å². The van der Waals surface area contributed by atoms with Gasteiger partial charge in [0.25, 0.3) is 0 Å². The summed E-state index contributed by atoms with van der Waals surface area (Å²) in [5.74, 6) is 2.69. The fourth-order valence-corrected chi connectivity index (χ4v) is 5.50. The summed E-state index contributed by atoms with van der Waals surface area (Å²) in [6, 6.07) is 14.5. The van der Waals surface area contributed by atoms with E-state index in [0.29, 0.717) is 42.1 Å². The number of rotatable bonds is 10. The van der Waals surface area contributed by atoms with Crippen LogP contribution in [0.5, 0.6) is 17.4 Å². The van der Waals surface area contributed by atoms with E-state index < -0.39 is 11.7 Å². The second kappa shape index (κ2) is 13.2. The van der Waals surface area contributed by atoms with Crippen LogP contribution in [0.4, 0.5) is 24.9 Å². The molecule has 4 aromatic rings. The SMILES string of the molecule is COc1cccc(CNCC2CCC(Nc3nc(N(C)C)c4ccccc4n3)CC2)c1Oc1ncc(C(F)(F)F)cc1Cl. The van der Waals surface area contributed by atoms with Crippen molar-refractivity contribution in [2.45, 2.75) is 44.4 Å². The molecule has 2 N–H and O–H groups in total. The van der Waals surface area contributed by atoms with Gasteiger partial charge in [0.05, 0.1) is 18.2 Å². The van der Waals surface area contributed by atoms with Crippen LogP contribution in [0.2, 0.25) is 5.02 Å². The summed E-state index contributed by atoms with van der Waals surface area (Å²) >= 11 is 6.09. The molecule has 1 aliphatic rings. The van der Waals surface area contributed by atoms with Crippen LogP contribution in [0, 0.1) is 5.92 Å². The molecule has 2 heterocycles. The number of anilines is 2. The van der Waals surface area contributed by atoms with E-state index in [2.05, 4.69) is 15.6 Å². The van der Waals surface area contributed by atoms with Crippen molar-refractivity contribution in [1.82, 2.24) is 20.3 Å². The third-order valence-electron chi connectivity index (χ3n) is 7.55. The summed E-state index contributed by atoms with van der Waals surface area (Å²) in [5.41, 5.74) is 0.747. The second-order valence-electron chi connectivity index (χ2n) is 10.8. The number of aromatic nitrogens is 3. The number of pyridine rings is 1. The minimum Gasteiger partial charge on any atom is -0.493 e. The summed E-state index contributed by atoms with van der Waals surface area (Å²) < 4.78 is 50.5. The van der Waals surface area contributed by atoms with Crippen LogP contribution < -0.4 is 25.0 Å². The predicted octanol–water partition coefficient (Wildman–Crippen LogP) is 7.32. The van der Waals surface area contributed by atoms with E-state index in [1.807, 2.05) is 55.4 Å². The molecule has 0 saturated heterocycles. The van der Waals surface area contributed by atoms with Gasteiger partial charge in [-0.2, -0.15) is 18.2 Å². The van der Waals surface area contributed by atoms with Gasteiger partial charge in [-0.25, -0.2) is 9.97 Å². The highest BCUT2D eigenvalue weighted by Gasteiger charge is 2.32. The van der Waals surface area contributed by atoms with Crippen LogP contribution in [0.3, 0.4) is 0 Å². The Morgan fingerprint density at radius 1 is 1.02 bits per heavy atom. The average Bonchev–Trinajstić information content (AvgIpc) is 2.98. The number of ether oxygens (including phenoxy) is 2. The molecule has 1 aliphatic carbocycles. The first-order chi connectivity index (χ1) is 20.6. The molecule has 1 fully saturated rings. The highest BCUT2D eigenvalue weighted by atomic mass is 35.5. The Bertz CT molecular complexity index is 1560.